The second-order valence-corrected chi connectivity index (χ2v) is 10.3. The van der Waals surface area contributed by atoms with Crippen LogP contribution in [0.5, 0.6) is 23.0 Å². The molecule has 0 aliphatic heterocycles. The second-order valence-electron chi connectivity index (χ2n) is 10.3. The molecule has 0 bridgehead atoms. The van der Waals surface area contributed by atoms with Crippen molar-refractivity contribution in [3.05, 3.63) is 167 Å². The first kappa shape index (κ1) is 24.6. The Labute approximate surface area is 238 Å². The molecule has 7 rings (SSSR count). The van der Waals surface area contributed by atoms with E-state index in [0.29, 0.717) is 11.4 Å². The first-order chi connectivity index (χ1) is 20.1. The number of hydrogen-bond donors (Lipinski definition) is 2. The van der Waals surface area contributed by atoms with Crippen LogP contribution in [-0.2, 0) is 5.41 Å². The minimum absolute atomic E-state index is 0.475. The molecule has 0 amide bonds. The summed E-state index contributed by atoms with van der Waals surface area (Å²) in [6.45, 7) is 0. The van der Waals surface area contributed by atoms with Crippen molar-refractivity contribution in [1.82, 2.24) is 0 Å². The van der Waals surface area contributed by atoms with Gasteiger partial charge in [-0.3, -0.25) is 0 Å². The molecule has 41 heavy (non-hydrogen) atoms. The maximum atomic E-state index is 6.08. The lowest BCUT2D eigenvalue weighted by molar-refractivity contribution is 0.482. The molecule has 4 heteroatoms. The van der Waals surface area contributed by atoms with Crippen molar-refractivity contribution in [2.45, 2.75) is 5.41 Å². The van der Waals surface area contributed by atoms with Gasteiger partial charge in [0.2, 0.25) is 0 Å². The number of nitrogens with two attached hydrogens (primary N) is 2. The smallest absolute Gasteiger partial charge is 0.127 e. The van der Waals surface area contributed by atoms with E-state index in [1.54, 1.807) is 0 Å². The highest BCUT2D eigenvalue weighted by molar-refractivity contribution is 5.90. The fraction of sp³-hybridized carbons (Fsp3) is 0.0270. The van der Waals surface area contributed by atoms with E-state index in [4.69, 9.17) is 20.9 Å². The van der Waals surface area contributed by atoms with Gasteiger partial charge in [0.25, 0.3) is 0 Å². The molecule has 2 aliphatic carbocycles. The highest BCUT2D eigenvalue weighted by Crippen LogP contribution is 2.43. The molecule has 2 aliphatic rings. The minimum Gasteiger partial charge on any atom is -0.457 e. The molecule has 0 spiro atoms. The van der Waals surface area contributed by atoms with Gasteiger partial charge in [0.15, 0.2) is 0 Å². The summed E-state index contributed by atoms with van der Waals surface area (Å²) in [4.78, 5) is 0. The van der Waals surface area contributed by atoms with Gasteiger partial charge >= 0.3 is 0 Å². The standard InChI is InChI=1S/C37H28N2O2/c38-29-9-17-33(18-10-29)40-31-13-5-27(6-14-31)37(22-21-36-26(24-37)23-25-3-1-2-4-35(25)36)28-7-15-32(16-8-28)41-34-19-11-30(39)12-20-34/h1-24H,38-39H2. The zero-order chi connectivity index (χ0) is 27.8. The van der Waals surface area contributed by atoms with Crippen LogP contribution in [0, 0.1) is 0 Å². The van der Waals surface area contributed by atoms with E-state index in [9.17, 15) is 0 Å². The van der Waals surface area contributed by atoms with Gasteiger partial charge in [-0.1, -0.05) is 66.8 Å². The normalized spacial score (nSPS) is 14.4. The lowest BCUT2D eigenvalue weighted by atomic mass is 9.70. The summed E-state index contributed by atoms with van der Waals surface area (Å²) in [6.07, 6.45) is 9.21. The summed E-state index contributed by atoms with van der Waals surface area (Å²) in [5.74, 6) is 3.02. The third-order valence-electron chi connectivity index (χ3n) is 7.66. The molecule has 0 aromatic heterocycles. The molecule has 5 aromatic rings. The predicted molar refractivity (Wildman–Crippen MR) is 166 cm³/mol. The van der Waals surface area contributed by atoms with Crippen LogP contribution in [-0.4, -0.2) is 0 Å². The summed E-state index contributed by atoms with van der Waals surface area (Å²) in [7, 11) is 0. The van der Waals surface area contributed by atoms with Crippen molar-refractivity contribution in [3.8, 4) is 23.0 Å². The van der Waals surface area contributed by atoms with E-state index in [0.717, 1.165) is 34.1 Å². The Hall–Kier alpha value is -5.48. The molecule has 0 fully saturated rings. The summed E-state index contributed by atoms with van der Waals surface area (Å²) >= 11 is 0. The quantitative estimate of drug-likeness (QED) is 0.234. The Kier molecular flexibility index (Phi) is 5.94. The van der Waals surface area contributed by atoms with Gasteiger partial charge in [0.05, 0.1) is 5.41 Å². The number of anilines is 2. The van der Waals surface area contributed by atoms with Crippen LogP contribution in [0.4, 0.5) is 11.4 Å². The van der Waals surface area contributed by atoms with Gasteiger partial charge < -0.3 is 20.9 Å². The van der Waals surface area contributed by atoms with Crippen LogP contribution in [0.1, 0.15) is 11.1 Å². The Morgan fingerprint density at radius 1 is 0.512 bits per heavy atom. The number of nitrogen functional groups attached to an aromatic ring is 2. The Balaban J connectivity index is 1.27. The maximum Gasteiger partial charge on any atom is 0.127 e. The van der Waals surface area contributed by atoms with Crippen LogP contribution in [0.3, 0.4) is 0 Å². The zero-order valence-corrected chi connectivity index (χ0v) is 22.3. The first-order valence-corrected chi connectivity index (χ1v) is 13.6. The third-order valence-corrected chi connectivity index (χ3v) is 7.66. The third kappa shape index (κ3) is 4.66. The van der Waals surface area contributed by atoms with Crippen molar-refractivity contribution in [2.24, 2.45) is 0 Å². The highest BCUT2D eigenvalue weighted by atomic mass is 16.5. The van der Waals surface area contributed by atoms with Crippen molar-refractivity contribution in [2.75, 3.05) is 11.5 Å². The minimum atomic E-state index is -0.475. The number of fused-ring (bicyclic) bond motifs is 2. The van der Waals surface area contributed by atoms with E-state index in [1.807, 2.05) is 72.8 Å². The van der Waals surface area contributed by atoms with Crippen molar-refractivity contribution >= 4 is 23.0 Å². The highest BCUT2D eigenvalue weighted by Gasteiger charge is 2.33. The summed E-state index contributed by atoms with van der Waals surface area (Å²) in [5.41, 5.74) is 17.3. The molecule has 198 valence electrons. The molecule has 5 aromatic carbocycles. The van der Waals surface area contributed by atoms with E-state index >= 15 is 0 Å². The number of ether oxygens (including phenoxy) is 2. The van der Waals surface area contributed by atoms with Crippen molar-refractivity contribution in [1.29, 1.82) is 0 Å². The van der Waals surface area contributed by atoms with E-state index in [1.165, 1.54) is 21.6 Å². The molecular weight excluding hydrogens is 504 g/mol. The summed E-state index contributed by atoms with van der Waals surface area (Å²) in [5, 5.41) is 2.51. The number of benzene rings is 5. The fourth-order valence-corrected chi connectivity index (χ4v) is 5.55. The molecule has 4 N–H and O–H groups in total. The van der Waals surface area contributed by atoms with Crippen LogP contribution in [0.2, 0.25) is 0 Å². The van der Waals surface area contributed by atoms with Gasteiger partial charge in [0, 0.05) is 11.4 Å². The molecule has 0 atom stereocenters. The summed E-state index contributed by atoms with van der Waals surface area (Å²) < 4.78 is 12.2. The first-order valence-electron chi connectivity index (χ1n) is 13.6. The molecule has 4 nitrogen and oxygen atoms in total. The molecule has 0 heterocycles. The van der Waals surface area contributed by atoms with Crippen LogP contribution >= 0.6 is 0 Å². The van der Waals surface area contributed by atoms with Gasteiger partial charge in [0.1, 0.15) is 23.0 Å². The Morgan fingerprint density at radius 3 is 1.49 bits per heavy atom. The van der Waals surface area contributed by atoms with Crippen molar-refractivity contribution in [3.63, 3.8) is 0 Å². The molecule has 0 saturated carbocycles. The SMILES string of the molecule is Nc1ccc(Oc2ccc(C3(c4ccc(Oc5ccc(N)cc5)cc4)C=CC4=c5ccccc5=CC4=C3)cc2)cc1. The van der Waals surface area contributed by atoms with Gasteiger partial charge in [-0.2, -0.15) is 0 Å². The van der Waals surface area contributed by atoms with Gasteiger partial charge in [-0.15, -0.1) is 0 Å². The molecule has 0 radical (unpaired) electrons. The van der Waals surface area contributed by atoms with Gasteiger partial charge in [-0.05, 0) is 112 Å². The number of rotatable bonds is 6. The monoisotopic (exact) mass is 532 g/mol. The average molecular weight is 533 g/mol. The van der Waals surface area contributed by atoms with Crippen molar-refractivity contribution < 1.29 is 9.47 Å². The molecular formula is C37H28N2O2. The topological polar surface area (TPSA) is 70.5 Å². The van der Waals surface area contributed by atoms with Crippen LogP contribution in [0.15, 0.2) is 145 Å². The zero-order valence-electron chi connectivity index (χ0n) is 22.3. The van der Waals surface area contributed by atoms with Gasteiger partial charge in [-0.25, -0.2) is 0 Å². The molecule has 0 unspecified atom stereocenters. The maximum absolute atomic E-state index is 6.08. The second kappa shape index (κ2) is 9.92. The van der Waals surface area contributed by atoms with E-state index < -0.39 is 5.41 Å². The Morgan fingerprint density at radius 2 is 0.976 bits per heavy atom. The lowest BCUT2D eigenvalue weighted by Gasteiger charge is -2.33. The largest absolute Gasteiger partial charge is 0.457 e. The predicted octanol–water partition coefficient (Wildman–Crippen LogP) is 6.86. The number of allylic oxidation sites excluding steroid dienone is 4. The average Bonchev–Trinajstić information content (AvgIpc) is 3.38. The summed E-state index contributed by atoms with van der Waals surface area (Å²) in [6, 6.07) is 40.0. The number of hydrogen-bond acceptors (Lipinski definition) is 4. The van der Waals surface area contributed by atoms with Crippen LogP contribution < -0.4 is 31.4 Å². The Bertz CT molecular complexity index is 1830. The van der Waals surface area contributed by atoms with E-state index in [-0.39, 0.29) is 0 Å². The lowest BCUT2D eigenvalue weighted by Crippen LogP contribution is -2.26. The van der Waals surface area contributed by atoms with E-state index in [2.05, 4.69) is 72.8 Å². The fourth-order valence-electron chi connectivity index (χ4n) is 5.55. The van der Waals surface area contributed by atoms with Crippen LogP contribution in [0.25, 0.3) is 11.6 Å². The molecule has 0 saturated heterocycles.